The van der Waals surface area contributed by atoms with Crippen LogP contribution in [-0.4, -0.2) is 40.6 Å². The van der Waals surface area contributed by atoms with Crippen molar-refractivity contribution < 1.29 is 9.21 Å². The molecule has 0 saturated carbocycles. The van der Waals surface area contributed by atoms with Gasteiger partial charge in [-0.1, -0.05) is 17.8 Å². The predicted molar refractivity (Wildman–Crippen MR) is 76.5 cm³/mol. The van der Waals surface area contributed by atoms with E-state index in [2.05, 4.69) is 20.4 Å². The van der Waals surface area contributed by atoms with Crippen molar-refractivity contribution >= 4 is 22.4 Å². The van der Waals surface area contributed by atoms with E-state index in [0.717, 1.165) is 13.1 Å². The highest BCUT2D eigenvalue weighted by Crippen LogP contribution is 2.26. The van der Waals surface area contributed by atoms with Crippen LogP contribution in [0.1, 0.15) is 19.3 Å². The Bertz CT molecular complexity index is 561. The number of nitrogens with one attached hydrogen (secondary N) is 1. The topological polar surface area (TPSA) is 71.3 Å². The summed E-state index contributed by atoms with van der Waals surface area (Å²) in [7, 11) is 0. The molecule has 0 unspecified atom stereocenters. The average molecular weight is 292 g/mol. The van der Waals surface area contributed by atoms with Crippen molar-refractivity contribution in [1.29, 1.82) is 0 Å². The average Bonchev–Trinajstić information content (AvgIpc) is 3.10. The van der Waals surface area contributed by atoms with Gasteiger partial charge < -0.3 is 4.42 Å². The molecule has 2 aromatic heterocycles. The first-order valence-electron chi connectivity index (χ1n) is 6.71. The van der Waals surface area contributed by atoms with Crippen LogP contribution in [-0.2, 0) is 4.79 Å². The maximum atomic E-state index is 11.9. The number of amides is 1. The van der Waals surface area contributed by atoms with Crippen LogP contribution in [0.25, 0.3) is 10.8 Å². The molecular formula is C13H16N4O2S. The lowest BCUT2D eigenvalue weighted by Gasteiger charge is -2.25. The van der Waals surface area contributed by atoms with E-state index in [1.54, 1.807) is 12.3 Å². The summed E-state index contributed by atoms with van der Waals surface area (Å²) in [6, 6.07) is 3.62. The molecule has 7 heteroatoms. The quantitative estimate of drug-likeness (QED) is 0.935. The second kappa shape index (κ2) is 6.15. The molecule has 1 saturated heterocycles. The van der Waals surface area contributed by atoms with Crippen LogP contribution in [0.5, 0.6) is 0 Å². The Hall–Kier alpha value is -1.73. The number of carbonyl (C=O) groups excluding carboxylic acids is 1. The number of furan rings is 1. The van der Waals surface area contributed by atoms with Crippen LogP contribution in [0.2, 0.25) is 0 Å². The number of hydrogen-bond acceptors (Lipinski definition) is 6. The summed E-state index contributed by atoms with van der Waals surface area (Å²) >= 11 is 1.31. The fourth-order valence-electron chi connectivity index (χ4n) is 2.25. The number of rotatable bonds is 4. The number of anilines is 1. The number of hydrogen-bond donors (Lipinski definition) is 1. The van der Waals surface area contributed by atoms with Gasteiger partial charge in [-0.15, -0.1) is 10.2 Å². The first-order chi connectivity index (χ1) is 9.81. The molecule has 0 atom stereocenters. The molecule has 1 aliphatic rings. The molecule has 0 aliphatic carbocycles. The highest BCUT2D eigenvalue weighted by Gasteiger charge is 2.16. The van der Waals surface area contributed by atoms with E-state index in [1.807, 2.05) is 6.07 Å². The summed E-state index contributed by atoms with van der Waals surface area (Å²) in [4.78, 5) is 14.1. The third kappa shape index (κ3) is 3.23. The van der Waals surface area contributed by atoms with E-state index in [0.29, 0.717) is 22.4 Å². The molecule has 1 aliphatic heterocycles. The Balaban J connectivity index is 1.56. The highest BCUT2D eigenvalue weighted by atomic mass is 32.1. The minimum Gasteiger partial charge on any atom is -0.462 e. The normalized spacial score (nSPS) is 16.2. The van der Waals surface area contributed by atoms with Crippen molar-refractivity contribution in [1.82, 2.24) is 15.1 Å². The fourth-order valence-corrected chi connectivity index (χ4v) is 2.98. The van der Waals surface area contributed by atoms with Crippen LogP contribution in [0.4, 0.5) is 5.13 Å². The van der Waals surface area contributed by atoms with Crippen LogP contribution in [0, 0.1) is 0 Å². The van der Waals surface area contributed by atoms with E-state index >= 15 is 0 Å². The molecule has 1 N–H and O–H groups in total. The molecule has 0 bridgehead atoms. The zero-order valence-corrected chi connectivity index (χ0v) is 11.9. The third-order valence-corrected chi connectivity index (χ3v) is 4.07. The molecule has 1 amide bonds. The molecule has 2 aromatic rings. The minimum atomic E-state index is -0.0333. The first kappa shape index (κ1) is 13.3. The Morgan fingerprint density at radius 3 is 2.95 bits per heavy atom. The van der Waals surface area contributed by atoms with Gasteiger partial charge in [0.05, 0.1) is 12.8 Å². The molecule has 3 rings (SSSR count). The van der Waals surface area contributed by atoms with Crippen LogP contribution < -0.4 is 5.32 Å². The lowest BCUT2D eigenvalue weighted by molar-refractivity contribution is -0.117. The molecular weight excluding hydrogens is 276 g/mol. The Labute approximate surface area is 120 Å². The summed E-state index contributed by atoms with van der Waals surface area (Å²) < 4.78 is 5.25. The number of aromatic nitrogens is 2. The zero-order valence-electron chi connectivity index (χ0n) is 11.0. The molecule has 3 heterocycles. The van der Waals surface area contributed by atoms with Crippen molar-refractivity contribution in [3.05, 3.63) is 18.4 Å². The van der Waals surface area contributed by atoms with Crippen molar-refractivity contribution in [2.45, 2.75) is 19.3 Å². The van der Waals surface area contributed by atoms with E-state index in [4.69, 9.17) is 4.42 Å². The number of nitrogens with zero attached hydrogens (tertiary/aromatic N) is 3. The number of piperidine rings is 1. The zero-order chi connectivity index (χ0) is 13.8. The molecule has 0 spiro atoms. The van der Waals surface area contributed by atoms with Gasteiger partial charge >= 0.3 is 0 Å². The largest absolute Gasteiger partial charge is 0.462 e. The summed E-state index contributed by atoms with van der Waals surface area (Å²) in [6.07, 6.45) is 5.20. The van der Waals surface area contributed by atoms with Crippen molar-refractivity contribution in [2.24, 2.45) is 0 Å². The van der Waals surface area contributed by atoms with Gasteiger partial charge in [-0.25, -0.2) is 0 Å². The molecule has 1 fully saturated rings. The molecule has 6 nitrogen and oxygen atoms in total. The Morgan fingerprint density at radius 1 is 1.35 bits per heavy atom. The van der Waals surface area contributed by atoms with E-state index < -0.39 is 0 Å². The summed E-state index contributed by atoms with van der Waals surface area (Å²) in [5.74, 6) is 0.632. The van der Waals surface area contributed by atoms with Gasteiger partial charge in [0.25, 0.3) is 0 Å². The van der Waals surface area contributed by atoms with Crippen LogP contribution in [0.15, 0.2) is 22.8 Å². The lowest BCUT2D eigenvalue weighted by Crippen LogP contribution is -2.36. The Morgan fingerprint density at radius 2 is 2.20 bits per heavy atom. The summed E-state index contributed by atoms with van der Waals surface area (Å²) in [5.41, 5.74) is 0. The van der Waals surface area contributed by atoms with E-state index in [9.17, 15) is 4.79 Å². The van der Waals surface area contributed by atoms with Gasteiger partial charge in [-0.05, 0) is 38.1 Å². The summed E-state index contributed by atoms with van der Waals surface area (Å²) in [6.45, 7) is 2.43. The SMILES string of the molecule is O=C(CN1CCCCC1)Nc1nnc(-c2ccco2)s1. The smallest absolute Gasteiger partial charge is 0.240 e. The monoisotopic (exact) mass is 292 g/mol. The standard InChI is InChI=1S/C13H16N4O2S/c18-11(9-17-6-2-1-3-7-17)14-13-16-15-12(20-13)10-5-4-8-19-10/h4-5,8H,1-3,6-7,9H2,(H,14,16,18). The predicted octanol–water partition coefficient (Wildman–Crippen LogP) is 2.22. The molecule has 20 heavy (non-hydrogen) atoms. The lowest BCUT2D eigenvalue weighted by atomic mass is 10.1. The van der Waals surface area contributed by atoms with Crippen molar-refractivity contribution in [3.63, 3.8) is 0 Å². The van der Waals surface area contributed by atoms with Crippen LogP contribution >= 0.6 is 11.3 Å². The van der Waals surface area contributed by atoms with Gasteiger partial charge in [0.15, 0.2) is 10.8 Å². The summed E-state index contributed by atoms with van der Waals surface area (Å²) in [5, 5.41) is 11.9. The maximum absolute atomic E-state index is 11.9. The molecule has 0 radical (unpaired) electrons. The number of likely N-dealkylation sites (tertiary alicyclic amines) is 1. The van der Waals surface area contributed by atoms with Gasteiger partial charge in [-0.3, -0.25) is 15.0 Å². The fraction of sp³-hybridized carbons (Fsp3) is 0.462. The van der Waals surface area contributed by atoms with Gasteiger partial charge in [0.1, 0.15) is 0 Å². The van der Waals surface area contributed by atoms with E-state index in [-0.39, 0.29) is 5.91 Å². The second-order valence-electron chi connectivity index (χ2n) is 4.77. The maximum Gasteiger partial charge on any atom is 0.240 e. The molecule has 106 valence electrons. The van der Waals surface area contributed by atoms with Crippen molar-refractivity contribution in [2.75, 3.05) is 25.0 Å². The van der Waals surface area contributed by atoms with Gasteiger partial charge in [0, 0.05) is 0 Å². The Kier molecular flexibility index (Phi) is 4.08. The number of carbonyl (C=O) groups is 1. The highest BCUT2D eigenvalue weighted by molar-refractivity contribution is 7.18. The van der Waals surface area contributed by atoms with Gasteiger partial charge in [0.2, 0.25) is 11.0 Å². The van der Waals surface area contributed by atoms with E-state index in [1.165, 1.54) is 30.6 Å². The first-order valence-corrected chi connectivity index (χ1v) is 7.52. The minimum absolute atomic E-state index is 0.0333. The second-order valence-corrected chi connectivity index (χ2v) is 5.75. The van der Waals surface area contributed by atoms with Gasteiger partial charge in [-0.2, -0.15) is 0 Å². The van der Waals surface area contributed by atoms with Crippen LogP contribution in [0.3, 0.4) is 0 Å². The molecule has 0 aromatic carbocycles. The third-order valence-electron chi connectivity index (χ3n) is 3.22. The van der Waals surface area contributed by atoms with Crippen molar-refractivity contribution in [3.8, 4) is 10.8 Å².